The number of ether oxygens (including phenoxy) is 2. The van der Waals surface area contributed by atoms with Gasteiger partial charge < -0.3 is 9.47 Å². The highest BCUT2D eigenvalue weighted by atomic mass is 16.6. The Morgan fingerprint density at radius 3 is 2.00 bits per heavy atom. The lowest BCUT2D eigenvalue weighted by Gasteiger charge is -2.11. The van der Waals surface area contributed by atoms with Crippen LogP contribution in [0.4, 0.5) is 0 Å². The van der Waals surface area contributed by atoms with Crippen LogP contribution >= 0.6 is 0 Å². The standard InChI is InChI=1S/C13H16O3.2C2H6/c1-6-8-15-13(9-10(3)4)12(7-2)16-11(5)14;2*1-2/h1,7,9H,3,8H2,2,4-5H3;2*1-2H3/b12-7+,13-9+;;. The van der Waals surface area contributed by atoms with E-state index in [2.05, 4.69) is 12.5 Å². The minimum absolute atomic E-state index is 0.109. The van der Waals surface area contributed by atoms with Crippen molar-refractivity contribution in [2.24, 2.45) is 0 Å². The Labute approximate surface area is 124 Å². The normalized spacial score (nSPS) is 9.90. The first-order valence-electron chi connectivity index (χ1n) is 6.79. The molecule has 0 radical (unpaired) electrons. The van der Waals surface area contributed by atoms with Crippen molar-refractivity contribution in [1.29, 1.82) is 0 Å². The molecular formula is C17H28O3. The smallest absolute Gasteiger partial charge is 0.308 e. The maximum atomic E-state index is 10.9. The van der Waals surface area contributed by atoms with E-state index in [-0.39, 0.29) is 6.61 Å². The van der Waals surface area contributed by atoms with Gasteiger partial charge in [0.05, 0.1) is 0 Å². The second-order valence-electron chi connectivity index (χ2n) is 3.09. The molecule has 20 heavy (non-hydrogen) atoms. The summed E-state index contributed by atoms with van der Waals surface area (Å²) in [6.07, 6.45) is 8.39. The molecule has 0 saturated heterocycles. The van der Waals surface area contributed by atoms with Crippen LogP contribution in [0.5, 0.6) is 0 Å². The molecule has 3 nitrogen and oxygen atoms in total. The highest BCUT2D eigenvalue weighted by Crippen LogP contribution is 2.15. The minimum atomic E-state index is -0.412. The molecule has 0 aromatic rings. The van der Waals surface area contributed by atoms with E-state index < -0.39 is 5.97 Å². The maximum absolute atomic E-state index is 10.9. The second-order valence-corrected chi connectivity index (χ2v) is 3.09. The van der Waals surface area contributed by atoms with E-state index in [0.717, 1.165) is 5.57 Å². The highest BCUT2D eigenvalue weighted by molar-refractivity contribution is 5.68. The molecule has 0 aliphatic heterocycles. The fraction of sp³-hybridized carbons (Fsp3) is 0.471. The number of carbonyl (C=O) groups is 1. The first-order chi connectivity index (χ1) is 9.51. The molecule has 0 unspecified atom stereocenters. The number of terminal acetylenes is 1. The van der Waals surface area contributed by atoms with Crippen molar-refractivity contribution in [3.05, 3.63) is 35.8 Å². The van der Waals surface area contributed by atoms with Gasteiger partial charge in [0.2, 0.25) is 0 Å². The quantitative estimate of drug-likeness (QED) is 0.319. The Balaban J connectivity index is -0.000000656. The molecule has 0 heterocycles. The third-order valence-corrected chi connectivity index (χ3v) is 1.45. The van der Waals surface area contributed by atoms with Crippen molar-refractivity contribution in [2.45, 2.75) is 48.5 Å². The summed E-state index contributed by atoms with van der Waals surface area (Å²) >= 11 is 0. The number of hydrogen-bond acceptors (Lipinski definition) is 3. The molecule has 0 spiro atoms. The van der Waals surface area contributed by atoms with Gasteiger partial charge in [-0.3, -0.25) is 4.79 Å². The molecule has 3 heteroatoms. The largest absolute Gasteiger partial charge is 0.477 e. The van der Waals surface area contributed by atoms with Crippen LogP contribution in [0.3, 0.4) is 0 Å². The van der Waals surface area contributed by atoms with Crippen LogP contribution in [0.25, 0.3) is 0 Å². The predicted octanol–water partition coefficient (Wildman–Crippen LogP) is 4.62. The third kappa shape index (κ3) is 14.1. The summed E-state index contributed by atoms with van der Waals surface area (Å²) in [4.78, 5) is 10.9. The van der Waals surface area contributed by atoms with Crippen LogP contribution in [0, 0.1) is 12.3 Å². The molecule has 0 N–H and O–H groups in total. The zero-order valence-electron chi connectivity index (χ0n) is 13.9. The van der Waals surface area contributed by atoms with E-state index in [1.807, 2.05) is 27.7 Å². The molecular weight excluding hydrogens is 252 g/mol. The second kappa shape index (κ2) is 17.1. The summed E-state index contributed by atoms with van der Waals surface area (Å²) in [6, 6.07) is 0. The summed E-state index contributed by atoms with van der Waals surface area (Å²) in [6.45, 7) is 16.7. The van der Waals surface area contributed by atoms with Gasteiger partial charge in [0, 0.05) is 6.92 Å². The molecule has 0 bridgehead atoms. The summed E-state index contributed by atoms with van der Waals surface area (Å²) in [5, 5.41) is 0. The SMILES string of the molecule is C#CCOC(=C/C(=C)C)/C(=C\C)OC(C)=O.CC.CC. The van der Waals surface area contributed by atoms with Crippen molar-refractivity contribution in [2.75, 3.05) is 6.61 Å². The monoisotopic (exact) mass is 280 g/mol. The Morgan fingerprint density at radius 2 is 1.70 bits per heavy atom. The van der Waals surface area contributed by atoms with E-state index in [1.54, 1.807) is 26.0 Å². The highest BCUT2D eigenvalue weighted by Gasteiger charge is 2.09. The van der Waals surface area contributed by atoms with Gasteiger partial charge in [0.25, 0.3) is 0 Å². The van der Waals surface area contributed by atoms with Gasteiger partial charge in [-0.2, -0.15) is 0 Å². The van der Waals surface area contributed by atoms with Gasteiger partial charge in [-0.05, 0) is 26.0 Å². The van der Waals surface area contributed by atoms with Gasteiger partial charge in [0.1, 0.15) is 6.61 Å². The molecule has 0 rings (SSSR count). The Hall–Kier alpha value is -1.95. The van der Waals surface area contributed by atoms with Gasteiger partial charge in [0.15, 0.2) is 11.5 Å². The van der Waals surface area contributed by atoms with E-state index in [9.17, 15) is 4.79 Å². The lowest BCUT2D eigenvalue weighted by atomic mass is 10.2. The number of esters is 1. The molecule has 0 aromatic heterocycles. The average molecular weight is 280 g/mol. The molecule has 0 saturated carbocycles. The third-order valence-electron chi connectivity index (χ3n) is 1.45. The topological polar surface area (TPSA) is 35.5 Å². The summed E-state index contributed by atoms with van der Waals surface area (Å²) in [5.74, 6) is 2.68. The average Bonchev–Trinajstić information content (AvgIpc) is 2.44. The number of rotatable bonds is 5. The Bertz CT molecular complexity index is 368. The first-order valence-corrected chi connectivity index (χ1v) is 6.79. The minimum Gasteiger partial charge on any atom is -0.477 e. The van der Waals surface area contributed by atoms with Crippen LogP contribution in [0.2, 0.25) is 0 Å². The van der Waals surface area contributed by atoms with E-state index >= 15 is 0 Å². The van der Waals surface area contributed by atoms with Crippen molar-refractivity contribution >= 4 is 5.97 Å². The Kier molecular flexibility index (Phi) is 19.7. The van der Waals surface area contributed by atoms with Crippen LogP contribution in [-0.4, -0.2) is 12.6 Å². The van der Waals surface area contributed by atoms with E-state index in [1.165, 1.54) is 6.92 Å². The summed E-state index contributed by atoms with van der Waals surface area (Å²) in [7, 11) is 0. The Morgan fingerprint density at radius 1 is 1.20 bits per heavy atom. The van der Waals surface area contributed by atoms with Crippen LogP contribution in [0.1, 0.15) is 48.5 Å². The number of hydrogen-bond donors (Lipinski definition) is 0. The lowest BCUT2D eigenvalue weighted by Crippen LogP contribution is -2.05. The van der Waals surface area contributed by atoms with Gasteiger partial charge in [-0.15, -0.1) is 6.42 Å². The molecule has 0 aliphatic rings. The fourth-order valence-electron chi connectivity index (χ4n) is 0.933. The lowest BCUT2D eigenvalue weighted by molar-refractivity contribution is -0.137. The van der Waals surface area contributed by atoms with Crippen molar-refractivity contribution in [1.82, 2.24) is 0 Å². The summed E-state index contributed by atoms with van der Waals surface area (Å²) < 4.78 is 10.3. The van der Waals surface area contributed by atoms with Crippen molar-refractivity contribution < 1.29 is 14.3 Å². The molecule has 0 aliphatic carbocycles. The molecule has 0 amide bonds. The van der Waals surface area contributed by atoms with E-state index in [0.29, 0.717) is 11.5 Å². The van der Waals surface area contributed by atoms with Crippen LogP contribution < -0.4 is 0 Å². The van der Waals surface area contributed by atoms with Crippen molar-refractivity contribution in [3.8, 4) is 12.3 Å². The zero-order valence-corrected chi connectivity index (χ0v) is 13.9. The maximum Gasteiger partial charge on any atom is 0.308 e. The fourth-order valence-corrected chi connectivity index (χ4v) is 0.933. The van der Waals surface area contributed by atoms with Crippen LogP contribution in [0.15, 0.2) is 35.8 Å². The molecule has 0 aromatic carbocycles. The number of carbonyl (C=O) groups excluding carboxylic acids is 1. The van der Waals surface area contributed by atoms with Crippen LogP contribution in [-0.2, 0) is 14.3 Å². The zero-order chi connectivity index (χ0) is 16.6. The van der Waals surface area contributed by atoms with Gasteiger partial charge in [-0.25, -0.2) is 0 Å². The predicted molar refractivity (Wildman–Crippen MR) is 85.9 cm³/mol. The van der Waals surface area contributed by atoms with Gasteiger partial charge >= 0.3 is 5.97 Å². The van der Waals surface area contributed by atoms with E-state index in [4.69, 9.17) is 15.9 Å². The molecule has 114 valence electrons. The summed E-state index contributed by atoms with van der Waals surface area (Å²) in [5.41, 5.74) is 0.776. The molecule has 0 fully saturated rings. The van der Waals surface area contributed by atoms with Crippen molar-refractivity contribution in [3.63, 3.8) is 0 Å². The van der Waals surface area contributed by atoms with Gasteiger partial charge in [-0.1, -0.05) is 45.8 Å². The number of allylic oxidation sites excluding steroid dienone is 3. The molecule has 0 atom stereocenters. The first kappa shape index (κ1) is 23.2.